The fourth-order valence-corrected chi connectivity index (χ4v) is 6.15. The van der Waals surface area contributed by atoms with Crippen molar-refractivity contribution in [2.24, 2.45) is 28.8 Å². The Labute approximate surface area is 159 Å². The molecule has 3 amide bonds. The molecule has 6 atom stereocenters. The second kappa shape index (κ2) is 6.60. The molecule has 6 unspecified atom stereocenters. The molecular weight excluding hydrogens is 344 g/mol. The minimum atomic E-state index is -0.465. The summed E-state index contributed by atoms with van der Waals surface area (Å²) in [7, 11) is 0. The molecule has 0 bridgehead atoms. The van der Waals surface area contributed by atoms with Crippen molar-refractivity contribution >= 4 is 23.4 Å². The Morgan fingerprint density at radius 2 is 1.81 bits per heavy atom. The van der Waals surface area contributed by atoms with Crippen LogP contribution in [0.4, 0.5) is 0 Å². The molecule has 0 spiro atoms. The second-order valence-corrected chi connectivity index (χ2v) is 9.00. The molecule has 5 aliphatic rings. The molecular formula is C20H28N4O3. The zero-order valence-corrected chi connectivity index (χ0v) is 15.7. The molecule has 146 valence electrons. The number of piperidine rings is 1. The van der Waals surface area contributed by atoms with E-state index in [4.69, 9.17) is 5.10 Å². The van der Waals surface area contributed by atoms with E-state index in [-0.39, 0.29) is 23.6 Å². The van der Waals surface area contributed by atoms with E-state index in [9.17, 15) is 14.4 Å². The lowest BCUT2D eigenvalue weighted by Crippen LogP contribution is -2.53. The van der Waals surface area contributed by atoms with Crippen LogP contribution in [0.3, 0.4) is 0 Å². The van der Waals surface area contributed by atoms with Crippen molar-refractivity contribution in [1.82, 2.24) is 15.6 Å². The average molecular weight is 372 g/mol. The lowest BCUT2D eigenvalue weighted by atomic mass is 9.69. The van der Waals surface area contributed by atoms with Gasteiger partial charge in [0.1, 0.15) is 6.04 Å². The summed E-state index contributed by atoms with van der Waals surface area (Å²) in [4.78, 5) is 38.3. The molecule has 0 aromatic heterocycles. The number of carbonyl (C=O) groups excluding carboxylic acids is 3. The monoisotopic (exact) mass is 372 g/mol. The molecule has 0 aromatic carbocycles. The number of hydrogen-bond acceptors (Lipinski definition) is 5. The van der Waals surface area contributed by atoms with E-state index in [1.807, 2.05) is 0 Å². The predicted octanol–water partition coefficient (Wildman–Crippen LogP) is 1.18. The number of amides is 3. The van der Waals surface area contributed by atoms with E-state index in [0.29, 0.717) is 43.2 Å². The van der Waals surface area contributed by atoms with E-state index < -0.39 is 6.04 Å². The number of fused-ring (bicyclic) bond motifs is 2. The van der Waals surface area contributed by atoms with E-state index >= 15 is 0 Å². The maximum absolute atomic E-state index is 12.9. The van der Waals surface area contributed by atoms with Gasteiger partial charge in [0.15, 0.2) is 0 Å². The number of hydrazone groups is 1. The number of nitrogens with one attached hydrogen (secondary N) is 2. The number of nitrogens with zero attached hydrogens (tertiary/aromatic N) is 2. The molecule has 3 aliphatic heterocycles. The first-order valence-corrected chi connectivity index (χ1v) is 10.6. The third kappa shape index (κ3) is 2.86. The van der Waals surface area contributed by atoms with E-state index in [0.717, 1.165) is 19.3 Å². The van der Waals surface area contributed by atoms with Gasteiger partial charge in [-0.3, -0.25) is 19.7 Å². The van der Waals surface area contributed by atoms with Crippen LogP contribution in [0.1, 0.15) is 57.8 Å². The van der Waals surface area contributed by atoms with Gasteiger partial charge in [-0.2, -0.15) is 5.10 Å². The van der Waals surface area contributed by atoms with Crippen LogP contribution < -0.4 is 10.7 Å². The van der Waals surface area contributed by atoms with Crippen LogP contribution in [0.5, 0.6) is 0 Å². The van der Waals surface area contributed by atoms with Gasteiger partial charge in [0.25, 0.3) is 0 Å². The van der Waals surface area contributed by atoms with Crippen molar-refractivity contribution in [3.8, 4) is 0 Å². The van der Waals surface area contributed by atoms with E-state index in [2.05, 4.69) is 10.7 Å². The maximum atomic E-state index is 12.9. The van der Waals surface area contributed by atoms with Crippen molar-refractivity contribution < 1.29 is 14.4 Å². The van der Waals surface area contributed by atoms with Crippen molar-refractivity contribution in [2.75, 3.05) is 6.54 Å². The maximum Gasteiger partial charge on any atom is 0.249 e. The zero-order valence-electron chi connectivity index (χ0n) is 15.7. The third-order valence-electron chi connectivity index (χ3n) is 7.52. The first-order valence-electron chi connectivity index (χ1n) is 10.6. The molecule has 2 N–H and O–H groups in total. The summed E-state index contributed by atoms with van der Waals surface area (Å²) >= 11 is 0. The zero-order chi connectivity index (χ0) is 18.5. The molecule has 2 aliphatic carbocycles. The Kier molecular flexibility index (Phi) is 4.20. The van der Waals surface area contributed by atoms with Crippen LogP contribution in [0.15, 0.2) is 5.10 Å². The van der Waals surface area contributed by atoms with Crippen LogP contribution in [0.2, 0.25) is 0 Å². The smallest absolute Gasteiger partial charge is 0.249 e. The normalized spacial score (nSPS) is 41.6. The molecule has 0 radical (unpaired) electrons. The largest absolute Gasteiger partial charge is 0.330 e. The summed E-state index contributed by atoms with van der Waals surface area (Å²) in [6.07, 6.45) is 8.76. The van der Waals surface area contributed by atoms with Crippen molar-refractivity contribution in [3.63, 3.8) is 0 Å². The summed E-state index contributed by atoms with van der Waals surface area (Å²) in [5.41, 5.74) is 4.72. The van der Waals surface area contributed by atoms with E-state index in [1.165, 1.54) is 31.4 Å². The highest BCUT2D eigenvalue weighted by Gasteiger charge is 2.50. The van der Waals surface area contributed by atoms with Gasteiger partial charge < -0.3 is 10.3 Å². The fraction of sp³-hybridized carbons (Fsp3) is 0.800. The number of imide groups is 1. The van der Waals surface area contributed by atoms with Crippen LogP contribution in [0, 0.1) is 23.7 Å². The van der Waals surface area contributed by atoms with E-state index in [1.54, 1.807) is 4.90 Å². The Bertz CT molecular complexity index is 705. The minimum absolute atomic E-state index is 0.0452. The van der Waals surface area contributed by atoms with Gasteiger partial charge in [-0.25, -0.2) is 0 Å². The first-order chi connectivity index (χ1) is 13.1. The van der Waals surface area contributed by atoms with Crippen molar-refractivity contribution in [1.29, 1.82) is 0 Å². The first kappa shape index (κ1) is 17.2. The molecule has 27 heavy (non-hydrogen) atoms. The summed E-state index contributed by atoms with van der Waals surface area (Å²) in [5.74, 6) is 1.01. The highest BCUT2D eigenvalue weighted by atomic mass is 16.2. The molecule has 2 saturated heterocycles. The van der Waals surface area contributed by atoms with Gasteiger partial charge in [0.2, 0.25) is 17.7 Å². The minimum Gasteiger partial charge on any atom is -0.330 e. The fourth-order valence-electron chi connectivity index (χ4n) is 6.15. The van der Waals surface area contributed by atoms with Gasteiger partial charge in [0.05, 0.1) is 6.04 Å². The predicted molar refractivity (Wildman–Crippen MR) is 98.5 cm³/mol. The Morgan fingerprint density at radius 1 is 0.963 bits per heavy atom. The number of likely N-dealkylation sites (tertiary alicyclic amines) is 1. The van der Waals surface area contributed by atoms with Crippen molar-refractivity contribution in [3.05, 3.63) is 0 Å². The Morgan fingerprint density at radius 3 is 2.67 bits per heavy atom. The second-order valence-electron chi connectivity index (χ2n) is 9.00. The summed E-state index contributed by atoms with van der Waals surface area (Å²) in [6.45, 7) is 0.654. The molecule has 7 heteroatoms. The van der Waals surface area contributed by atoms with Gasteiger partial charge >= 0.3 is 0 Å². The highest BCUT2D eigenvalue weighted by molar-refractivity contribution is 6.02. The third-order valence-corrected chi connectivity index (χ3v) is 7.52. The van der Waals surface area contributed by atoms with Crippen LogP contribution in [0.25, 0.3) is 0 Å². The topological polar surface area (TPSA) is 90.9 Å². The number of rotatable bonds is 2. The highest BCUT2D eigenvalue weighted by Crippen LogP contribution is 2.44. The Balaban J connectivity index is 1.27. The van der Waals surface area contributed by atoms with Gasteiger partial charge in [-0.15, -0.1) is 0 Å². The summed E-state index contributed by atoms with van der Waals surface area (Å²) in [5, 5.41) is 7.13. The SMILES string of the molecule is O=C1CCC(N2CC3CC(C4=NNC5CCCCC45)CCC3C2=O)C(=O)N1. The van der Waals surface area contributed by atoms with Gasteiger partial charge in [0, 0.05) is 30.5 Å². The van der Waals surface area contributed by atoms with Crippen LogP contribution >= 0.6 is 0 Å². The molecule has 7 nitrogen and oxygen atoms in total. The summed E-state index contributed by atoms with van der Waals surface area (Å²) < 4.78 is 0. The van der Waals surface area contributed by atoms with Crippen molar-refractivity contribution in [2.45, 2.75) is 69.9 Å². The van der Waals surface area contributed by atoms with Crippen LogP contribution in [-0.4, -0.2) is 47.0 Å². The molecule has 2 saturated carbocycles. The van der Waals surface area contributed by atoms with Gasteiger partial charge in [-0.1, -0.05) is 12.8 Å². The lowest BCUT2D eigenvalue weighted by molar-refractivity contribution is -0.144. The molecule has 5 rings (SSSR count). The molecule has 0 aromatic rings. The standard InChI is InChI=1S/C20H28N4O3/c25-17-8-7-16(19(26)21-17)24-10-12-9-11(5-6-13(12)20(24)27)18-14-3-1-2-4-15(14)22-23-18/h11-16,22H,1-10H2,(H,21,25,26). The number of carbonyl (C=O) groups is 3. The molecule has 4 fully saturated rings. The summed E-state index contributed by atoms with van der Waals surface area (Å²) in [6, 6.07) is 0.0594. The lowest BCUT2D eigenvalue weighted by Gasteiger charge is -2.33. The van der Waals surface area contributed by atoms with Crippen LogP contribution in [-0.2, 0) is 14.4 Å². The Hall–Kier alpha value is -1.92. The average Bonchev–Trinajstić information content (AvgIpc) is 3.23. The number of hydrogen-bond donors (Lipinski definition) is 2. The van der Waals surface area contributed by atoms with Gasteiger partial charge in [-0.05, 0) is 50.4 Å². The quantitative estimate of drug-likeness (QED) is 0.712. The molecule has 3 heterocycles.